The highest BCUT2D eigenvalue weighted by molar-refractivity contribution is 5.51. The molecule has 0 aliphatic carbocycles. The fourth-order valence-electron chi connectivity index (χ4n) is 6.69. The molecule has 2 N–H and O–H groups in total. The van der Waals surface area contributed by atoms with Crippen LogP contribution in [0.3, 0.4) is 0 Å². The summed E-state index contributed by atoms with van der Waals surface area (Å²) in [5.41, 5.74) is 8.63. The Morgan fingerprint density at radius 1 is 0.500 bits per heavy atom. The number of hydrogen-bond acceptors (Lipinski definition) is 4. The highest BCUT2D eigenvalue weighted by atomic mass is 16.5. The summed E-state index contributed by atoms with van der Waals surface area (Å²) < 4.78 is 12.8. The molecule has 50 heavy (non-hydrogen) atoms. The fourth-order valence-corrected chi connectivity index (χ4v) is 6.69. The van der Waals surface area contributed by atoms with Gasteiger partial charge in [-0.05, 0) is 89.9 Å². The summed E-state index contributed by atoms with van der Waals surface area (Å²) in [5, 5.41) is 0. The molecule has 1 aromatic rings. The molecule has 0 heterocycles. The summed E-state index contributed by atoms with van der Waals surface area (Å²) in [6.45, 7) is 7.36. The van der Waals surface area contributed by atoms with Crippen molar-refractivity contribution in [2.75, 3.05) is 27.3 Å². The first-order chi connectivity index (χ1) is 24.6. The smallest absolute Gasteiger partial charge is 0.165 e. The van der Waals surface area contributed by atoms with E-state index in [1.165, 1.54) is 173 Å². The average Bonchev–Trinajstić information content (AvgIpc) is 3.11. The van der Waals surface area contributed by atoms with E-state index in [2.05, 4.69) is 69.3 Å². The van der Waals surface area contributed by atoms with Crippen LogP contribution in [0.2, 0.25) is 0 Å². The van der Waals surface area contributed by atoms with Crippen molar-refractivity contribution in [3.05, 3.63) is 47.6 Å². The van der Waals surface area contributed by atoms with E-state index in [0.717, 1.165) is 49.7 Å². The molecule has 4 heteroatoms. The lowest BCUT2D eigenvalue weighted by molar-refractivity contribution is 0.255. The van der Waals surface area contributed by atoms with E-state index in [4.69, 9.17) is 15.2 Å². The lowest BCUT2D eigenvalue weighted by atomic mass is 10.0. The summed E-state index contributed by atoms with van der Waals surface area (Å²) in [4.78, 5) is 2.19. The van der Waals surface area contributed by atoms with Crippen molar-refractivity contribution >= 4 is 0 Å². The molecule has 0 unspecified atom stereocenters. The molecule has 0 fully saturated rings. The van der Waals surface area contributed by atoms with Crippen molar-refractivity contribution in [2.24, 2.45) is 5.73 Å². The first kappa shape index (κ1) is 46.2. The van der Waals surface area contributed by atoms with Crippen molar-refractivity contribution in [2.45, 2.75) is 207 Å². The van der Waals surface area contributed by atoms with Gasteiger partial charge < -0.3 is 20.1 Å². The van der Waals surface area contributed by atoms with Crippen LogP contribution in [-0.2, 0) is 13.1 Å². The zero-order valence-electron chi connectivity index (χ0n) is 33.9. The van der Waals surface area contributed by atoms with Crippen LogP contribution >= 0.6 is 0 Å². The number of unbranched alkanes of at least 4 members (excludes halogenated alkanes) is 24. The Morgan fingerprint density at radius 2 is 0.880 bits per heavy atom. The third kappa shape index (κ3) is 26.9. The van der Waals surface area contributed by atoms with Crippen molar-refractivity contribution in [3.63, 3.8) is 0 Å². The third-order valence-electron chi connectivity index (χ3n) is 9.83. The second-order valence-electron chi connectivity index (χ2n) is 15.0. The van der Waals surface area contributed by atoms with Crippen molar-refractivity contribution < 1.29 is 9.47 Å². The minimum absolute atomic E-state index is 0.470. The van der Waals surface area contributed by atoms with Gasteiger partial charge in [-0.25, -0.2) is 0 Å². The van der Waals surface area contributed by atoms with Crippen LogP contribution in [0.15, 0.2) is 36.4 Å². The van der Waals surface area contributed by atoms with E-state index in [9.17, 15) is 0 Å². The minimum atomic E-state index is 0.470. The maximum atomic E-state index is 6.45. The van der Waals surface area contributed by atoms with Gasteiger partial charge in [-0.15, -0.1) is 0 Å². The quantitative estimate of drug-likeness (QED) is 0.0556. The number of benzene rings is 1. The number of ether oxygens (including phenoxy) is 2. The van der Waals surface area contributed by atoms with Crippen LogP contribution in [0.5, 0.6) is 11.5 Å². The van der Waals surface area contributed by atoms with Gasteiger partial charge in [-0.2, -0.15) is 0 Å². The Kier molecular flexibility index (Phi) is 32.9. The lowest BCUT2D eigenvalue weighted by Crippen LogP contribution is -2.15. The van der Waals surface area contributed by atoms with Crippen LogP contribution in [0.25, 0.3) is 0 Å². The lowest BCUT2D eigenvalue weighted by Gasteiger charge is -2.20. The van der Waals surface area contributed by atoms with E-state index in [1.807, 2.05) is 0 Å². The van der Waals surface area contributed by atoms with E-state index in [-0.39, 0.29) is 0 Å². The Morgan fingerprint density at radius 3 is 1.28 bits per heavy atom. The number of nitrogens with zero attached hydrogens (tertiary/aromatic N) is 1. The Labute approximate surface area is 312 Å². The molecule has 4 nitrogen and oxygen atoms in total. The summed E-state index contributed by atoms with van der Waals surface area (Å²) in [6.07, 6.45) is 46.5. The van der Waals surface area contributed by atoms with Gasteiger partial charge >= 0.3 is 0 Å². The number of hydrogen-bond donors (Lipinski definition) is 1. The van der Waals surface area contributed by atoms with Crippen LogP contribution < -0.4 is 15.2 Å². The zero-order valence-corrected chi connectivity index (χ0v) is 33.9. The molecular formula is C46H84N2O2. The predicted octanol–water partition coefficient (Wildman–Crippen LogP) is 14.0. The van der Waals surface area contributed by atoms with Crippen molar-refractivity contribution in [1.82, 2.24) is 4.90 Å². The number of allylic oxidation sites excluding steroid dienone is 4. The third-order valence-corrected chi connectivity index (χ3v) is 9.83. The highest BCUT2D eigenvalue weighted by Crippen LogP contribution is 2.35. The van der Waals surface area contributed by atoms with Gasteiger partial charge in [-0.3, -0.25) is 0 Å². The Bertz CT molecular complexity index is 925. The van der Waals surface area contributed by atoms with Crippen LogP contribution in [0.4, 0.5) is 0 Å². The van der Waals surface area contributed by atoms with Crippen LogP contribution in [-0.4, -0.2) is 32.2 Å². The number of rotatable bonds is 37. The first-order valence-corrected chi connectivity index (χ1v) is 21.7. The molecule has 290 valence electrons. The molecular weight excluding hydrogens is 613 g/mol. The van der Waals surface area contributed by atoms with Gasteiger partial charge in [0.15, 0.2) is 11.5 Å². The predicted molar refractivity (Wildman–Crippen MR) is 222 cm³/mol. The second kappa shape index (κ2) is 35.6. The molecule has 0 saturated heterocycles. The minimum Gasteiger partial charge on any atom is -0.490 e. The molecule has 0 spiro atoms. The van der Waals surface area contributed by atoms with E-state index < -0.39 is 0 Å². The van der Waals surface area contributed by atoms with Crippen molar-refractivity contribution in [3.8, 4) is 11.5 Å². The maximum Gasteiger partial charge on any atom is 0.165 e. The Hall–Kier alpha value is -1.78. The molecule has 1 aromatic carbocycles. The molecule has 0 aliphatic rings. The van der Waals surface area contributed by atoms with E-state index >= 15 is 0 Å². The van der Waals surface area contributed by atoms with Crippen LogP contribution in [0.1, 0.15) is 205 Å². The van der Waals surface area contributed by atoms with Gasteiger partial charge in [0.25, 0.3) is 0 Å². The van der Waals surface area contributed by atoms with Crippen molar-refractivity contribution in [1.29, 1.82) is 0 Å². The van der Waals surface area contributed by atoms with Gasteiger partial charge in [0, 0.05) is 18.7 Å². The van der Waals surface area contributed by atoms with Gasteiger partial charge in [0.1, 0.15) is 0 Å². The summed E-state index contributed by atoms with van der Waals surface area (Å²) >= 11 is 0. The second-order valence-corrected chi connectivity index (χ2v) is 15.0. The zero-order chi connectivity index (χ0) is 36.2. The Balaban J connectivity index is 2.25. The average molecular weight is 697 g/mol. The summed E-state index contributed by atoms with van der Waals surface area (Å²) in [7, 11) is 4.21. The molecule has 0 aromatic heterocycles. The standard InChI is InChI=1S/C46H84N2O2/c1-5-7-9-11-13-15-17-19-21-23-25-27-29-31-33-35-39-49-45-38-37-43(42-48(3)4)44(41-47)46(45)50-40-36-34-32-30-28-26-24-22-20-18-16-14-12-10-8-6-2/h19-22,37-38H,5-18,23-36,39-42,47H2,1-4H3/b21-19-,22-20-. The van der Waals surface area contributed by atoms with Gasteiger partial charge in [0.2, 0.25) is 0 Å². The number of nitrogens with two attached hydrogens (primary N) is 1. The maximum absolute atomic E-state index is 6.45. The van der Waals surface area contributed by atoms with E-state index in [0.29, 0.717) is 6.54 Å². The SMILES string of the molecule is CCCCCCCC/C=C\CCCCCCCCOc1ccc(CN(C)C)c(CN)c1OCCCCCCCC/C=C\CCCCCCCC. The molecule has 0 saturated carbocycles. The summed E-state index contributed by atoms with van der Waals surface area (Å²) in [5.74, 6) is 1.74. The van der Waals surface area contributed by atoms with Gasteiger partial charge in [0.05, 0.1) is 13.2 Å². The first-order valence-electron chi connectivity index (χ1n) is 21.7. The van der Waals surface area contributed by atoms with Crippen LogP contribution in [0, 0.1) is 0 Å². The molecule has 0 aliphatic heterocycles. The fraction of sp³-hybridized carbons (Fsp3) is 0.783. The largest absolute Gasteiger partial charge is 0.490 e. The monoisotopic (exact) mass is 697 g/mol. The molecule has 0 amide bonds. The van der Waals surface area contributed by atoms with Gasteiger partial charge in [-0.1, -0.05) is 160 Å². The molecule has 0 radical (unpaired) electrons. The molecule has 0 bridgehead atoms. The topological polar surface area (TPSA) is 47.7 Å². The van der Waals surface area contributed by atoms with E-state index in [1.54, 1.807) is 0 Å². The molecule has 1 rings (SSSR count). The normalized spacial score (nSPS) is 11.9. The highest BCUT2D eigenvalue weighted by Gasteiger charge is 2.16. The molecule has 0 atom stereocenters. The summed E-state index contributed by atoms with van der Waals surface area (Å²) in [6, 6.07) is 4.28.